The van der Waals surface area contributed by atoms with Crippen molar-refractivity contribution >= 4 is 34.8 Å². The largest absolute Gasteiger partial charge is 0.497 e. The van der Waals surface area contributed by atoms with Crippen molar-refractivity contribution in [3.63, 3.8) is 0 Å². The molecule has 0 unspecified atom stereocenters. The number of hydrogen-bond acceptors (Lipinski definition) is 3. The monoisotopic (exact) mass is 352 g/mol. The van der Waals surface area contributed by atoms with Gasteiger partial charge in [-0.05, 0) is 36.2 Å². The number of benzene rings is 2. The number of amides is 1. The van der Waals surface area contributed by atoms with Crippen molar-refractivity contribution in [3.8, 4) is 5.75 Å². The Morgan fingerprint density at radius 3 is 2.57 bits per heavy atom. The number of carbonyl (C=O) groups excluding carboxylic acids is 1. The van der Waals surface area contributed by atoms with Crippen molar-refractivity contribution in [2.75, 3.05) is 25.5 Å². The van der Waals surface area contributed by atoms with Gasteiger partial charge in [-0.25, -0.2) is 0 Å². The highest BCUT2D eigenvalue weighted by molar-refractivity contribution is 6.43. The van der Waals surface area contributed by atoms with E-state index in [-0.39, 0.29) is 12.5 Å². The van der Waals surface area contributed by atoms with Gasteiger partial charge in [0, 0.05) is 6.54 Å². The first-order valence-corrected chi connectivity index (χ1v) is 7.93. The molecule has 2 N–H and O–H groups in total. The van der Waals surface area contributed by atoms with Gasteiger partial charge in [0.05, 0.1) is 29.4 Å². The molecule has 1 amide bonds. The molecule has 0 fully saturated rings. The molecule has 0 bridgehead atoms. The molecule has 6 heteroatoms. The van der Waals surface area contributed by atoms with Crippen molar-refractivity contribution in [1.82, 2.24) is 5.32 Å². The summed E-state index contributed by atoms with van der Waals surface area (Å²) in [5.41, 5.74) is 1.78. The van der Waals surface area contributed by atoms with E-state index < -0.39 is 0 Å². The minimum Gasteiger partial charge on any atom is -0.497 e. The third kappa shape index (κ3) is 5.34. The Morgan fingerprint density at radius 1 is 1.13 bits per heavy atom. The quantitative estimate of drug-likeness (QED) is 0.797. The molecule has 0 saturated carbocycles. The molecular weight excluding hydrogens is 335 g/mol. The standard InChI is InChI=1S/C17H18Cl2N2O2/c1-23-13-7-5-12(6-8-13)9-10-20-16(22)11-21-15-4-2-3-14(18)17(15)19/h2-8,21H,9-11H2,1H3,(H,20,22). The Balaban J connectivity index is 1.73. The zero-order valence-corrected chi connectivity index (χ0v) is 14.2. The Bertz CT molecular complexity index is 660. The number of methoxy groups -OCH3 is 1. The van der Waals surface area contributed by atoms with E-state index in [2.05, 4.69) is 10.6 Å². The van der Waals surface area contributed by atoms with Crippen LogP contribution in [0.1, 0.15) is 5.56 Å². The number of halogens is 2. The van der Waals surface area contributed by atoms with Crippen molar-refractivity contribution < 1.29 is 9.53 Å². The first-order chi connectivity index (χ1) is 11.1. The van der Waals surface area contributed by atoms with Crippen LogP contribution in [0, 0.1) is 0 Å². The minimum absolute atomic E-state index is 0.102. The number of anilines is 1. The van der Waals surface area contributed by atoms with Crippen molar-refractivity contribution in [2.24, 2.45) is 0 Å². The normalized spacial score (nSPS) is 10.2. The van der Waals surface area contributed by atoms with Crippen LogP contribution >= 0.6 is 23.2 Å². The fourth-order valence-electron chi connectivity index (χ4n) is 2.02. The second-order valence-electron chi connectivity index (χ2n) is 4.90. The average molecular weight is 353 g/mol. The van der Waals surface area contributed by atoms with Gasteiger partial charge in [0.2, 0.25) is 5.91 Å². The van der Waals surface area contributed by atoms with Gasteiger partial charge in [0.25, 0.3) is 0 Å². The van der Waals surface area contributed by atoms with Crippen LogP contribution in [-0.4, -0.2) is 26.1 Å². The van der Waals surface area contributed by atoms with Gasteiger partial charge in [-0.2, -0.15) is 0 Å². The summed E-state index contributed by atoms with van der Waals surface area (Å²) in [5.74, 6) is 0.718. The zero-order chi connectivity index (χ0) is 16.7. The number of carbonyl (C=O) groups is 1. The van der Waals surface area contributed by atoms with Crippen LogP contribution < -0.4 is 15.4 Å². The molecule has 2 rings (SSSR count). The predicted molar refractivity (Wildman–Crippen MR) is 94.7 cm³/mol. The van der Waals surface area contributed by atoms with E-state index in [0.717, 1.165) is 17.7 Å². The van der Waals surface area contributed by atoms with Gasteiger partial charge in [-0.15, -0.1) is 0 Å². The molecule has 0 aliphatic carbocycles. The van der Waals surface area contributed by atoms with Crippen LogP contribution in [0.15, 0.2) is 42.5 Å². The van der Waals surface area contributed by atoms with Crippen molar-refractivity contribution in [3.05, 3.63) is 58.1 Å². The lowest BCUT2D eigenvalue weighted by atomic mass is 10.1. The summed E-state index contributed by atoms with van der Waals surface area (Å²) in [6.07, 6.45) is 0.758. The van der Waals surface area contributed by atoms with Crippen molar-refractivity contribution in [1.29, 1.82) is 0 Å². The molecule has 0 radical (unpaired) electrons. The van der Waals surface area contributed by atoms with Crippen LogP contribution in [0.3, 0.4) is 0 Å². The van der Waals surface area contributed by atoms with Gasteiger partial charge < -0.3 is 15.4 Å². The molecule has 4 nitrogen and oxygen atoms in total. The van der Waals surface area contributed by atoms with Crippen LogP contribution in [-0.2, 0) is 11.2 Å². The fraction of sp³-hybridized carbons (Fsp3) is 0.235. The van der Waals surface area contributed by atoms with Crippen LogP contribution in [0.2, 0.25) is 10.0 Å². The Morgan fingerprint density at radius 2 is 1.87 bits per heavy atom. The summed E-state index contributed by atoms with van der Waals surface area (Å²) in [6.45, 7) is 0.707. The maximum absolute atomic E-state index is 11.8. The number of ether oxygens (including phenoxy) is 1. The molecule has 122 valence electrons. The van der Waals surface area contributed by atoms with Crippen molar-refractivity contribution in [2.45, 2.75) is 6.42 Å². The highest BCUT2D eigenvalue weighted by Gasteiger charge is 2.06. The highest BCUT2D eigenvalue weighted by atomic mass is 35.5. The molecule has 0 saturated heterocycles. The summed E-state index contributed by atoms with van der Waals surface area (Å²) in [5, 5.41) is 6.70. The first kappa shape index (κ1) is 17.4. The van der Waals surface area contributed by atoms with E-state index in [1.807, 2.05) is 24.3 Å². The van der Waals surface area contributed by atoms with E-state index in [0.29, 0.717) is 22.3 Å². The number of rotatable bonds is 7. The lowest BCUT2D eigenvalue weighted by molar-refractivity contribution is -0.119. The molecule has 0 atom stereocenters. The third-order valence-electron chi connectivity index (χ3n) is 3.29. The van der Waals surface area contributed by atoms with Crippen LogP contribution in [0.5, 0.6) is 5.75 Å². The molecule has 2 aromatic carbocycles. The van der Waals surface area contributed by atoms with E-state index in [4.69, 9.17) is 27.9 Å². The highest BCUT2D eigenvalue weighted by Crippen LogP contribution is 2.29. The average Bonchev–Trinajstić information content (AvgIpc) is 2.57. The van der Waals surface area contributed by atoms with Crippen LogP contribution in [0.4, 0.5) is 5.69 Å². The first-order valence-electron chi connectivity index (χ1n) is 7.17. The minimum atomic E-state index is -0.102. The molecule has 0 aromatic heterocycles. The molecule has 0 heterocycles. The van der Waals surface area contributed by atoms with Gasteiger partial charge in [-0.1, -0.05) is 41.4 Å². The van der Waals surface area contributed by atoms with E-state index in [1.54, 1.807) is 25.3 Å². The van der Waals surface area contributed by atoms with E-state index in [9.17, 15) is 4.79 Å². The summed E-state index contributed by atoms with van der Waals surface area (Å²) >= 11 is 12.0. The maximum atomic E-state index is 11.8. The molecule has 0 aliphatic rings. The number of nitrogens with one attached hydrogen (secondary N) is 2. The maximum Gasteiger partial charge on any atom is 0.239 e. The topological polar surface area (TPSA) is 50.4 Å². The molecule has 2 aromatic rings. The van der Waals surface area contributed by atoms with E-state index in [1.165, 1.54) is 0 Å². The smallest absolute Gasteiger partial charge is 0.239 e. The lowest BCUT2D eigenvalue weighted by Gasteiger charge is -2.10. The summed E-state index contributed by atoms with van der Waals surface area (Å²) in [6, 6.07) is 13.0. The second kappa shape index (κ2) is 8.65. The van der Waals surface area contributed by atoms with Gasteiger partial charge in [-0.3, -0.25) is 4.79 Å². The zero-order valence-electron chi connectivity index (χ0n) is 12.7. The second-order valence-corrected chi connectivity index (χ2v) is 5.69. The summed E-state index contributed by atoms with van der Waals surface area (Å²) in [4.78, 5) is 11.8. The predicted octanol–water partition coefficient (Wildman–Crippen LogP) is 3.77. The fourth-order valence-corrected chi connectivity index (χ4v) is 2.38. The Labute approximate surface area is 145 Å². The Kier molecular flexibility index (Phi) is 6.56. The number of hydrogen-bond donors (Lipinski definition) is 2. The lowest BCUT2D eigenvalue weighted by Crippen LogP contribution is -2.31. The molecule has 23 heavy (non-hydrogen) atoms. The molecule has 0 aliphatic heterocycles. The summed E-state index contributed by atoms with van der Waals surface area (Å²) in [7, 11) is 1.63. The third-order valence-corrected chi connectivity index (χ3v) is 4.10. The van der Waals surface area contributed by atoms with Gasteiger partial charge in [0.1, 0.15) is 5.75 Å². The summed E-state index contributed by atoms with van der Waals surface area (Å²) < 4.78 is 5.11. The molecule has 0 spiro atoms. The molecular formula is C17H18Cl2N2O2. The Hall–Kier alpha value is -1.91. The SMILES string of the molecule is COc1ccc(CCNC(=O)CNc2cccc(Cl)c2Cl)cc1. The van der Waals surface area contributed by atoms with E-state index >= 15 is 0 Å². The van der Waals surface area contributed by atoms with Gasteiger partial charge in [0.15, 0.2) is 0 Å². The van der Waals surface area contributed by atoms with Gasteiger partial charge >= 0.3 is 0 Å². The van der Waals surface area contributed by atoms with Crippen LogP contribution in [0.25, 0.3) is 0 Å².